The van der Waals surface area contributed by atoms with Gasteiger partial charge in [0.05, 0.1) is 18.9 Å². The number of ether oxygens (including phenoxy) is 1. The highest BCUT2D eigenvalue weighted by Gasteiger charge is 2.27. The zero-order valence-electron chi connectivity index (χ0n) is 7.62. The number of rotatable bonds is 5. The van der Waals surface area contributed by atoms with Crippen LogP contribution >= 0.6 is 11.6 Å². The topological polar surface area (TPSA) is 63.6 Å². The van der Waals surface area contributed by atoms with Crippen LogP contribution in [0.4, 0.5) is 0 Å². The zero-order valence-corrected chi connectivity index (χ0v) is 8.37. The Hall–Kier alpha value is -0.770. The van der Waals surface area contributed by atoms with Gasteiger partial charge in [0.2, 0.25) is 0 Å². The van der Waals surface area contributed by atoms with Gasteiger partial charge in [0.1, 0.15) is 0 Å². The number of hydrogen-bond acceptors (Lipinski definition) is 3. The van der Waals surface area contributed by atoms with Crippen molar-refractivity contribution < 1.29 is 19.4 Å². The molecule has 2 unspecified atom stereocenters. The summed E-state index contributed by atoms with van der Waals surface area (Å²) in [4.78, 5) is 21.5. The van der Waals surface area contributed by atoms with Crippen molar-refractivity contribution in [3.8, 4) is 0 Å². The Labute approximate surface area is 81.8 Å². The number of carboxylic acids is 1. The van der Waals surface area contributed by atoms with E-state index < -0.39 is 23.2 Å². The molecule has 0 fully saturated rings. The fourth-order valence-corrected chi connectivity index (χ4v) is 1.06. The summed E-state index contributed by atoms with van der Waals surface area (Å²) in [7, 11) is 0. The average Bonchev–Trinajstić information content (AvgIpc) is 1.99. The minimum absolute atomic E-state index is 0.235. The van der Waals surface area contributed by atoms with Gasteiger partial charge in [-0.2, -0.15) is 0 Å². The average molecular weight is 209 g/mol. The number of carboxylic acid groups (broad SMARTS) is 1. The molecule has 5 heteroatoms. The van der Waals surface area contributed by atoms with Crippen LogP contribution in [0.5, 0.6) is 0 Å². The maximum absolute atomic E-state index is 11.2. The smallest absolute Gasteiger partial charge is 0.311 e. The number of hydrogen-bond donors (Lipinski definition) is 1. The summed E-state index contributed by atoms with van der Waals surface area (Å²) in [6.45, 7) is 3.47. The van der Waals surface area contributed by atoms with Crippen LogP contribution < -0.4 is 0 Å². The molecule has 2 atom stereocenters. The van der Waals surface area contributed by atoms with Crippen LogP contribution in [0.15, 0.2) is 0 Å². The Bertz CT molecular complexity index is 191. The Kier molecular flexibility index (Phi) is 5.46. The van der Waals surface area contributed by atoms with Gasteiger partial charge in [0, 0.05) is 5.38 Å². The lowest BCUT2D eigenvalue weighted by molar-refractivity contribution is -0.152. The highest BCUT2D eigenvalue weighted by Crippen LogP contribution is 2.16. The molecule has 0 rings (SSSR count). The summed E-state index contributed by atoms with van der Waals surface area (Å²) in [5, 5.41) is 7.95. The van der Waals surface area contributed by atoms with Crippen LogP contribution in [-0.2, 0) is 14.3 Å². The number of carbonyl (C=O) groups excluding carboxylic acids is 1. The molecule has 0 saturated heterocycles. The van der Waals surface area contributed by atoms with Crippen molar-refractivity contribution in [1.29, 1.82) is 0 Å². The van der Waals surface area contributed by atoms with Gasteiger partial charge >= 0.3 is 11.9 Å². The first-order valence-electron chi connectivity index (χ1n) is 4.01. The quantitative estimate of drug-likeness (QED) is 0.546. The van der Waals surface area contributed by atoms with Crippen molar-refractivity contribution in [2.24, 2.45) is 5.92 Å². The van der Waals surface area contributed by atoms with Crippen molar-refractivity contribution in [2.75, 3.05) is 6.61 Å². The first kappa shape index (κ1) is 12.2. The SMILES string of the molecule is CCOC(=O)C(CC(=O)O)C(C)Cl. The lowest BCUT2D eigenvalue weighted by Crippen LogP contribution is -2.27. The molecule has 0 aromatic heterocycles. The fourth-order valence-electron chi connectivity index (χ4n) is 0.871. The fraction of sp³-hybridized carbons (Fsp3) is 0.750. The van der Waals surface area contributed by atoms with Crippen LogP contribution in [0, 0.1) is 5.92 Å². The van der Waals surface area contributed by atoms with Gasteiger partial charge in [-0.25, -0.2) is 0 Å². The normalized spacial score (nSPS) is 14.7. The Morgan fingerprint density at radius 1 is 1.54 bits per heavy atom. The van der Waals surface area contributed by atoms with Crippen LogP contribution in [0.3, 0.4) is 0 Å². The van der Waals surface area contributed by atoms with E-state index in [2.05, 4.69) is 4.74 Å². The van der Waals surface area contributed by atoms with Gasteiger partial charge in [-0.15, -0.1) is 11.6 Å². The first-order chi connectivity index (χ1) is 5.99. The van der Waals surface area contributed by atoms with Gasteiger partial charge in [-0.1, -0.05) is 0 Å². The molecule has 0 heterocycles. The van der Waals surface area contributed by atoms with Crippen LogP contribution in [-0.4, -0.2) is 29.0 Å². The first-order valence-corrected chi connectivity index (χ1v) is 4.45. The maximum atomic E-state index is 11.2. The van der Waals surface area contributed by atoms with Gasteiger partial charge in [0.25, 0.3) is 0 Å². The Morgan fingerprint density at radius 3 is 2.38 bits per heavy atom. The number of halogens is 1. The lowest BCUT2D eigenvalue weighted by atomic mass is 10.0. The van der Waals surface area contributed by atoms with E-state index in [1.165, 1.54) is 0 Å². The number of carbonyl (C=O) groups is 2. The third-order valence-corrected chi connectivity index (χ3v) is 1.84. The molecule has 0 aliphatic heterocycles. The molecule has 0 spiro atoms. The monoisotopic (exact) mass is 208 g/mol. The highest BCUT2D eigenvalue weighted by molar-refractivity contribution is 6.21. The maximum Gasteiger partial charge on any atom is 0.311 e. The minimum Gasteiger partial charge on any atom is -0.481 e. The highest BCUT2D eigenvalue weighted by atomic mass is 35.5. The third kappa shape index (κ3) is 4.72. The summed E-state index contributed by atoms with van der Waals surface area (Å²) in [5.41, 5.74) is 0. The van der Waals surface area contributed by atoms with Gasteiger partial charge in [0.15, 0.2) is 0 Å². The van der Waals surface area contributed by atoms with Gasteiger partial charge in [-0.05, 0) is 13.8 Å². The van der Waals surface area contributed by atoms with E-state index in [0.717, 1.165) is 0 Å². The molecule has 0 aromatic rings. The van der Waals surface area contributed by atoms with Crippen molar-refractivity contribution in [2.45, 2.75) is 25.6 Å². The van der Waals surface area contributed by atoms with E-state index in [9.17, 15) is 9.59 Å². The van der Waals surface area contributed by atoms with E-state index in [4.69, 9.17) is 16.7 Å². The summed E-state index contributed by atoms with van der Waals surface area (Å²) >= 11 is 5.65. The lowest BCUT2D eigenvalue weighted by Gasteiger charge is -2.14. The van der Waals surface area contributed by atoms with Crippen LogP contribution in [0.2, 0.25) is 0 Å². The number of alkyl halides is 1. The second kappa shape index (κ2) is 5.80. The molecule has 1 N–H and O–H groups in total. The molecule has 0 aromatic carbocycles. The molecule has 0 bridgehead atoms. The summed E-state index contributed by atoms with van der Waals surface area (Å²) in [6.07, 6.45) is -0.288. The number of esters is 1. The van der Waals surface area contributed by atoms with Gasteiger partial charge < -0.3 is 9.84 Å². The summed E-state index contributed by atoms with van der Waals surface area (Å²) in [5.74, 6) is -2.36. The third-order valence-electron chi connectivity index (χ3n) is 1.54. The van der Waals surface area contributed by atoms with E-state index in [-0.39, 0.29) is 13.0 Å². The van der Waals surface area contributed by atoms with Crippen LogP contribution in [0.1, 0.15) is 20.3 Å². The largest absolute Gasteiger partial charge is 0.481 e. The molecule has 13 heavy (non-hydrogen) atoms. The molecular weight excluding hydrogens is 196 g/mol. The van der Waals surface area contributed by atoms with E-state index in [1.807, 2.05) is 0 Å². The predicted octanol–water partition coefficient (Wildman–Crippen LogP) is 1.27. The molecule has 0 radical (unpaired) electrons. The Balaban J connectivity index is 4.24. The van der Waals surface area contributed by atoms with Crippen molar-refractivity contribution >= 4 is 23.5 Å². The number of aliphatic carboxylic acids is 1. The standard InChI is InChI=1S/C8H13ClO4/c1-3-13-8(12)6(5(2)9)4-7(10)11/h5-6H,3-4H2,1-2H3,(H,10,11). The molecular formula is C8H13ClO4. The van der Waals surface area contributed by atoms with Gasteiger partial charge in [-0.3, -0.25) is 9.59 Å². The van der Waals surface area contributed by atoms with Crippen molar-refractivity contribution in [3.05, 3.63) is 0 Å². The van der Waals surface area contributed by atoms with Crippen LogP contribution in [0.25, 0.3) is 0 Å². The molecule has 0 amide bonds. The van der Waals surface area contributed by atoms with Crippen molar-refractivity contribution in [3.63, 3.8) is 0 Å². The van der Waals surface area contributed by atoms with E-state index >= 15 is 0 Å². The molecule has 0 aliphatic rings. The zero-order chi connectivity index (χ0) is 10.4. The molecule has 4 nitrogen and oxygen atoms in total. The Morgan fingerprint density at radius 2 is 2.08 bits per heavy atom. The predicted molar refractivity (Wildman–Crippen MR) is 47.7 cm³/mol. The second-order valence-electron chi connectivity index (χ2n) is 2.63. The molecule has 0 saturated carbocycles. The van der Waals surface area contributed by atoms with E-state index in [1.54, 1.807) is 13.8 Å². The minimum atomic E-state index is -1.05. The molecule has 76 valence electrons. The molecule has 0 aliphatic carbocycles. The summed E-state index contributed by atoms with van der Waals surface area (Å²) in [6, 6.07) is 0. The second-order valence-corrected chi connectivity index (χ2v) is 3.32. The van der Waals surface area contributed by atoms with Crippen molar-refractivity contribution in [1.82, 2.24) is 0 Å². The van der Waals surface area contributed by atoms with E-state index in [0.29, 0.717) is 0 Å². The summed E-state index contributed by atoms with van der Waals surface area (Å²) < 4.78 is 4.68.